The third kappa shape index (κ3) is 4.28. The molecule has 2 aliphatic heterocycles. The topological polar surface area (TPSA) is 78.7 Å². The molecule has 34 heavy (non-hydrogen) atoms. The van der Waals surface area contributed by atoms with E-state index in [0.717, 1.165) is 30.5 Å². The molecule has 2 saturated heterocycles. The van der Waals surface area contributed by atoms with Crippen molar-refractivity contribution in [1.82, 2.24) is 24.9 Å². The van der Waals surface area contributed by atoms with Crippen LogP contribution in [0.4, 0.5) is 4.39 Å². The molecule has 0 aliphatic carbocycles. The van der Waals surface area contributed by atoms with Crippen molar-refractivity contribution < 1.29 is 14.0 Å². The van der Waals surface area contributed by atoms with Crippen LogP contribution in [-0.4, -0.2) is 57.3 Å². The van der Waals surface area contributed by atoms with E-state index >= 15 is 0 Å². The lowest BCUT2D eigenvalue weighted by molar-refractivity contribution is -0.127. The Labute approximate surface area is 202 Å². The lowest BCUT2D eigenvalue weighted by Gasteiger charge is -2.40. The molecule has 0 spiro atoms. The molecule has 5 rings (SSSR count). The summed E-state index contributed by atoms with van der Waals surface area (Å²) in [4.78, 5) is 32.6. The largest absolute Gasteiger partial charge is 0.349 e. The standard InChI is InChI=1S/C25H27ClFN5O2/c1-25(6-3-7-29-25)24(34)30-21-14-31(9-5-19(21)16-10-17(26)12-18(27)11-16)23(33)20-4-2-8-32-15-28-13-22(20)32/h2,4,8,10-13,15,19,21,29H,3,5-7,9,14H2,1H3,(H,30,34)/t19-,21+,25-/m0/s1. The first-order valence-electron chi connectivity index (χ1n) is 11.6. The molecule has 0 bridgehead atoms. The average Bonchev–Trinajstić information content (AvgIpc) is 3.47. The highest BCUT2D eigenvalue weighted by Gasteiger charge is 2.40. The summed E-state index contributed by atoms with van der Waals surface area (Å²) in [7, 11) is 0. The molecule has 0 radical (unpaired) electrons. The van der Waals surface area contributed by atoms with Crippen LogP contribution in [-0.2, 0) is 4.79 Å². The van der Waals surface area contributed by atoms with Crippen molar-refractivity contribution >= 4 is 28.9 Å². The van der Waals surface area contributed by atoms with E-state index in [-0.39, 0.29) is 23.8 Å². The maximum absolute atomic E-state index is 14.2. The normalized spacial score (nSPS) is 25.0. The second-order valence-electron chi connectivity index (χ2n) is 9.40. The number of imidazole rings is 1. The first kappa shape index (κ1) is 22.8. The molecule has 2 aromatic heterocycles. The molecule has 4 heterocycles. The van der Waals surface area contributed by atoms with Gasteiger partial charge in [0.1, 0.15) is 5.82 Å². The van der Waals surface area contributed by atoms with Crippen LogP contribution < -0.4 is 10.6 Å². The van der Waals surface area contributed by atoms with E-state index < -0.39 is 11.4 Å². The number of hydrogen-bond acceptors (Lipinski definition) is 4. The predicted octanol–water partition coefficient (Wildman–Crippen LogP) is 3.38. The molecular formula is C25H27ClFN5O2. The van der Waals surface area contributed by atoms with Gasteiger partial charge in [0, 0.05) is 30.2 Å². The summed E-state index contributed by atoms with van der Waals surface area (Å²) in [6.07, 6.45) is 7.41. The quantitative estimate of drug-likeness (QED) is 0.596. The van der Waals surface area contributed by atoms with Gasteiger partial charge in [-0.25, -0.2) is 9.37 Å². The number of nitrogens with one attached hydrogen (secondary N) is 2. The smallest absolute Gasteiger partial charge is 0.256 e. The lowest BCUT2D eigenvalue weighted by Crippen LogP contribution is -2.59. The molecule has 0 saturated carbocycles. The van der Waals surface area contributed by atoms with E-state index in [4.69, 9.17) is 11.6 Å². The number of benzene rings is 1. The number of nitrogens with zero attached hydrogens (tertiary/aromatic N) is 3. The highest BCUT2D eigenvalue weighted by Crippen LogP contribution is 2.32. The molecule has 3 atom stereocenters. The summed E-state index contributed by atoms with van der Waals surface area (Å²) in [5.41, 5.74) is 1.36. The summed E-state index contributed by atoms with van der Waals surface area (Å²) in [5.74, 6) is -0.805. The van der Waals surface area contributed by atoms with Crippen molar-refractivity contribution in [3.05, 3.63) is 71.0 Å². The summed E-state index contributed by atoms with van der Waals surface area (Å²) in [6.45, 7) is 3.48. The molecule has 1 aromatic carbocycles. The number of rotatable bonds is 4. The van der Waals surface area contributed by atoms with Gasteiger partial charge in [0.2, 0.25) is 5.91 Å². The van der Waals surface area contributed by atoms with Gasteiger partial charge >= 0.3 is 0 Å². The van der Waals surface area contributed by atoms with Crippen molar-refractivity contribution in [2.24, 2.45) is 0 Å². The Bertz CT molecular complexity index is 1220. The van der Waals surface area contributed by atoms with Crippen LogP contribution in [0.1, 0.15) is 48.0 Å². The molecule has 2 aliphatic rings. The van der Waals surface area contributed by atoms with Crippen LogP contribution >= 0.6 is 11.6 Å². The number of piperidine rings is 1. The van der Waals surface area contributed by atoms with Crippen LogP contribution in [0.25, 0.3) is 5.52 Å². The summed E-state index contributed by atoms with van der Waals surface area (Å²) >= 11 is 6.14. The van der Waals surface area contributed by atoms with Crippen molar-refractivity contribution in [2.45, 2.75) is 43.7 Å². The zero-order valence-corrected chi connectivity index (χ0v) is 19.7. The Morgan fingerprint density at radius 1 is 1.32 bits per heavy atom. The Morgan fingerprint density at radius 3 is 2.94 bits per heavy atom. The van der Waals surface area contributed by atoms with Crippen molar-refractivity contribution in [3.63, 3.8) is 0 Å². The molecule has 7 nitrogen and oxygen atoms in total. The average molecular weight is 484 g/mol. The number of carbonyl (C=O) groups excluding carboxylic acids is 2. The second-order valence-corrected chi connectivity index (χ2v) is 9.84. The highest BCUT2D eigenvalue weighted by molar-refractivity contribution is 6.30. The molecule has 3 aromatic rings. The monoisotopic (exact) mass is 483 g/mol. The van der Waals surface area contributed by atoms with Crippen molar-refractivity contribution in [1.29, 1.82) is 0 Å². The van der Waals surface area contributed by atoms with Gasteiger partial charge in [-0.3, -0.25) is 9.59 Å². The van der Waals surface area contributed by atoms with Crippen LogP contribution in [0, 0.1) is 5.82 Å². The fourth-order valence-corrected chi connectivity index (χ4v) is 5.42. The number of halogens is 2. The zero-order valence-electron chi connectivity index (χ0n) is 18.9. The molecule has 178 valence electrons. The summed E-state index contributed by atoms with van der Waals surface area (Å²) < 4.78 is 16.0. The van der Waals surface area contributed by atoms with Crippen LogP contribution in [0.2, 0.25) is 5.02 Å². The third-order valence-corrected chi connectivity index (χ3v) is 7.30. The van der Waals surface area contributed by atoms with Crippen molar-refractivity contribution in [2.75, 3.05) is 19.6 Å². The minimum absolute atomic E-state index is 0.102. The van der Waals surface area contributed by atoms with Crippen LogP contribution in [0.5, 0.6) is 0 Å². The van der Waals surface area contributed by atoms with E-state index in [2.05, 4.69) is 15.6 Å². The Morgan fingerprint density at radius 2 is 2.18 bits per heavy atom. The fourth-order valence-electron chi connectivity index (χ4n) is 5.19. The van der Waals surface area contributed by atoms with Gasteiger partial charge in [0.05, 0.1) is 35.2 Å². The molecule has 2 N–H and O–H groups in total. The van der Waals surface area contributed by atoms with E-state index in [1.54, 1.807) is 34.0 Å². The van der Waals surface area contributed by atoms with Gasteiger partial charge in [0.15, 0.2) is 0 Å². The van der Waals surface area contributed by atoms with E-state index in [1.807, 2.05) is 19.2 Å². The van der Waals surface area contributed by atoms with Crippen LogP contribution in [0.15, 0.2) is 49.1 Å². The van der Waals surface area contributed by atoms with E-state index in [0.29, 0.717) is 30.1 Å². The Hall–Kier alpha value is -2.97. The molecule has 0 unspecified atom stereocenters. The lowest BCUT2D eigenvalue weighted by atomic mass is 9.84. The van der Waals surface area contributed by atoms with Gasteiger partial charge in [-0.15, -0.1) is 0 Å². The number of fused-ring (bicyclic) bond motifs is 1. The maximum atomic E-state index is 14.2. The van der Waals surface area contributed by atoms with Gasteiger partial charge in [-0.05, 0) is 68.6 Å². The van der Waals surface area contributed by atoms with Crippen molar-refractivity contribution in [3.8, 4) is 0 Å². The fraction of sp³-hybridized carbons (Fsp3) is 0.400. The number of aromatic nitrogens is 2. The number of pyridine rings is 1. The molecule has 9 heteroatoms. The van der Waals surface area contributed by atoms with E-state index in [1.165, 1.54) is 12.1 Å². The first-order chi connectivity index (χ1) is 16.3. The number of likely N-dealkylation sites (tertiary alicyclic amines) is 1. The Balaban J connectivity index is 1.43. The second kappa shape index (κ2) is 9.00. The maximum Gasteiger partial charge on any atom is 0.256 e. The Kier molecular flexibility index (Phi) is 6.04. The SMILES string of the molecule is C[C@@]1(C(=O)N[C@@H]2CN(C(=O)c3cccn4cncc34)CC[C@H]2c2cc(F)cc(Cl)c2)CCCN1. The predicted molar refractivity (Wildman–Crippen MR) is 127 cm³/mol. The van der Waals surface area contributed by atoms with Gasteiger partial charge in [-0.1, -0.05) is 11.6 Å². The van der Waals surface area contributed by atoms with Gasteiger partial charge < -0.3 is 19.9 Å². The molecular weight excluding hydrogens is 457 g/mol. The van der Waals surface area contributed by atoms with Gasteiger partial charge in [0.25, 0.3) is 5.91 Å². The highest BCUT2D eigenvalue weighted by atomic mass is 35.5. The molecule has 2 amide bonds. The first-order valence-corrected chi connectivity index (χ1v) is 11.9. The number of hydrogen-bond donors (Lipinski definition) is 2. The molecule has 2 fully saturated rings. The van der Waals surface area contributed by atoms with Crippen LogP contribution in [0.3, 0.4) is 0 Å². The minimum atomic E-state index is -0.653. The third-order valence-electron chi connectivity index (χ3n) is 7.08. The number of amides is 2. The van der Waals surface area contributed by atoms with E-state index in [9.17, 15) is 14.0 Å². The minimum Gasteiger partial charge on any atom is -0.349 e. The summed E-state index contributed by atoms with van der Waals surface area (Å²) in [5, 5.41) is 6.78. The summed E-state index contributed by atoms with van der Waals surface area (Å²) in [6, 6.07) is 7.70. The number of carbonyl (C=O) groups is 2. The van der Waals surface area contributed by atoms with Gasteiger partial charge in [-0.2, -0.15) is 0 Å². The zero-order chi connectivity index (χ0) is 23.9.